The third-order valence-corrected chi connectivity index (χ3v) is 7.01. The number of nitrogens with one attached hydrogen (secondary N) is 1. The molecule has 0 spiro atoms. The predicted octanol–water partition coefficient (Wildman–Crippen LogP) is 5.01. The molecule has 0 fully saturated rings. The molecule has 176 valence electrons. The molecule has 33 heavy (non-hydrogen) atoms. The summed E-state index contributed by atoms with van der Waals surface area (Å²) in [7, 11) is -2.34. The first-order valence-corrected chi connectivity index (χ1v) is 12.2. The number of nitrogens with zero attached hydrogens (tertiary/aromatic N) is 3. The molecule has 1 N–H and O–H groups in total. The molecule has 0 saturated carbocycles. The van der Waals surface area contributed by atoms with Crippen LogP contribution < -0.4 is 9.62 Å². The Hall–Kier alpha value is -3.13. The van der Waals surface area contributed by atoms with Gasteiger partial charge in [0.2, 0.25) is 0 Å². The van der Waals surface area contributed by atoms with Crippen molar-refractivity contribution in [2.24, 2.45) is 0 Å². The summed E-state index contributed by atoms with van der Waals surface area (Å²) in [6.07, 6.45) is 0. The van der Waals surface area contributed by atoms with Crippen LogP contribution in [0.4, 0.5) is 11.5 Å². The van der Waals surface area contributed by atoms with E-state index in [1.807, 2.05) is 32.9 Å². The molecule has 8 heteroatoms. The van der Waals surface area contributed by atoms with E-state index in [1.165, 1.54) is 23.5 Å². The monoisotopic (exact) mass is 468 g/mol. The van der Waals surface area contributed by atoms with E-state index >= 15 is 0 Å². The van der Waals surface area contributed by atoms with Gasteiger partial charge in [0.1, 0.15) is 5.82 Å². The zero-order valence-electron chi connectivity index (χ0n) is 20.2. The van der Waals surface area contributed by atoms with Crippen LogP contribution in [-0.2, 0) is 21.0 Å². The lowest BCUT2D eigenvalue weighted by Gasteiger charge is -2.23. The van der Waals surface area contributed by atoms with Gasteiger partial charge in [0.25, 0.3) is 15.9 Å². The summed E-state index contributed by atoms with van der Waals surface area (Å²) >= 11 is 0. The van der Waals surface area contributed by atoms with Crippen LogP contribution in [-0.4, -0.2) is 31.2 Å². The molecular weight excluding hydrogens is 436 g/mol. The van der Waals surface area contributed by atoms with Gasteiger partial charge in [0.05, 0.1) is 21.8 Å². The van der Waals surface area contributed by atoms with Gasteiger partial charge in [0.15, 0.2) is 0 Å². The van der Waals surface area contributed by atoms with Crippen LogP contribution in [0.5, 0.6) is 0 Å². The van der Waals surface area contributed by atoms with Crippen molar-refractivity contribution in [2.45, 2.75) is 57.4 Å². The van der Waals surface area contributed by atoms with Crippen molar-refractivity contribution in [3.63, 3.8) is 0 Å². The van der Waals surface area contributed by atoms with Gasteiger partial charge >= 0.3 is 0 Å². The highest BCUT2D eigenvalue weighted by molar-refractivity contribution is 7.92. The molecule has 0 atom stereocenters. The van der Waals surface area contributed by atoms with E-state index in [0.717, 1.165) is 5.69 Å². The number of amides is 1. The van der Waals surface area contributed by atoms with Crippen LogP contribution >= 0.6 is 0 Å². The fourth-order valence-electron chi connectivity index (χ4n) is 3.27. The smallest absolute Gasteiger partial charge is 0.264 e. The van der Waals surface area contributed by atoms with Gasteiger partial charge in [-0.2, -0.15) is 5.10 Å². The fourth-order valence-corrected chi connectivity index (χ4v) is 4.51. The molecule has 0 aliphatic rings. The molecular formula is C25H32N4O3S. The largest absolute Gasteiger partial charge is 0.307 e. The van der Waals surface area contributed by atoms with Crippen molar-refractivity contribution < 1.29 is 13.2 Å². The van der Waals surface area contributed by atoms with E-state index in [9.17, 15) is 13.2 Å². The topological polar surface area (TPSA) is 84.3 Å². The lowest BCUT2D eigenvalue weighted by atomic mass is 9.92. The van der Waals surface area contributed by atoms with Crippen molar-refractivity contribution in [1.29, 1.82) is 0 Å². The first-order valence-electron chi connectivity index (χ1n) is 10.8. The van der Waals surface area contributed by atoms with Crippen molar-refractivity contribution in [3.8, 4) is 0 Å². The minimum absolute atomic E-state index is 0.0428. The highest BCUT2D eigenvalue weighted by Gasteiger charge is 2.27. The van der Waals surface area contributed by atoms with E-state index in [-0.39, 0.29) is 21.4 Å². The Morgan fingerprint density at radius 2 is 1.58 bits per heavy atom. The number of anilines is 2. The molecule has 0 aliphatic carbocycles. The predicted molar refractivity (Wildman–Crippen MR) is 132 cm³/mol. The zero-order chi connectivity index (χ0) is 24.6. The number of aromatic nitrogens is 2. The summed E-state index contributed by atoms with van der Waals surface area (Å²) < 4.78 is 29.3. The van der Waals surface area contributed by atoms with Gasteiger partial charge in [-0.15, -0.1) is 0 Å². The number of rotatable bonds is 5. The average molecular weight is 469 g/mol. The van der Waals surface area contributed by atoms with Crippen molar-refractivity contribution in [3.05, 3.63) is 71.9 Å². The minimum atomic E-state index is -3.83. The van der Waals surface area contributed by atoms with E-state index < -0.39 is 15.9 Å². The number of carbonyl (C=O) groups is 1. The second kappa shape index (κ2) is 8.67. The lowest BCUT2D eigenvalue weighted by molar-refractivity contribution is 0.102. The van der Waals surface area contributed by atoms with Gasteiger partial charge in [-0.1, -0.05) is 45.0 Å². The number of carbonyl (C=O) groups excluding carboxylic acids is 1. The van der Waals surface area contributed by atoms with E-state index in [1.54, 1.807) is 41.1 Å². The molecule has 3 rings (SSSR count). The fraction of sp³-hybridized carbons (Fsp3) is 0.360. The Balaban J connectivity index is 1.93. The maximum absolute atomic E-state index is 13.1. The first-order chi connectivity index (χ1) is 15.2. The van der Waals surface area contributed by atoms with E-state index in [0.29, 0.717) is 11.5 Å². The van der Waals surface area contributed by atoms with Crippen LogP contribution in [0.15, 0.2) is 65.6 Å². The zero-order valence-corrected chi connectivity index (χ0v) is 21.1. The second-order valence-electron chi connectivity index (χ2n) is 10.0. The summed E-state index contributed by atoms with van der Waals surface area (Å²) in [6, 6.07) is 16.7. The van der Waals surface area contributed by atoms with Gasteiger partial charge in [0, 0.05) is 24.1 Å². The second-order valence-corrected chi connectivity index (χ2v) is 12.0. The third-order valence-electron chi connectivity index (χ3n) is 5.23. The maximum Gasteiger partial charge on any atom is 0.264 e. The number of benzene rings is 2. The molecule has 1 heterocycles. The summed E-state index contributed by atoms with van der Waals surface area (Å²) in [4.78, 5) is 13.2. The number of sulfonamides is 1. The first kappa shape index (κ1) is 24.5. The van der Waals surface area contributed by atoms with Crippen LogP contribution in [0.3, 0.4) is 0 Å². The Labute approximate surface area is 196 Å². The van der Waals surface area contributed by atoms with Crippen molar-refractivity contribution in [2.75, 3.05) is 16.7 Å². The molecule has 1 aromatic heterocycles. The molecule has 2 aromatic carbocycles. The maximum atomic E-state index is 13.1. The molecule has 0 aliphatic heterocycles. The Morgan fingerprint density at radius 1 is 0.939 bits per heavy atom. The Kier molecular flexibility index (Phi) is 6.44. The number of para-hydroxylation sites is 1. The summed E-state index contributed by atoms with van der Waals surface area (Å²) in [5.41, 5.74) is 1.10. The van der Waals surface area contributed by atoms with Crippen molar-refractivity contribution >= 4 is 27.4 Å². The molecule has 0 bridgehead atoms. The molecule has 7 nitrogen and oxygen atoms in total. The highest BCUT2D eigenvalue weighted by Crippen LogP contribution is 2.29. The molecule has 0 saturated heterocycles. The standard InChI is InChI=1S/C25H32N4O3S/c1-24(2,3)21-17-22(29(27-21)25(4,5)6)26-23(30)18-12-11-15-20(16-18)33(31,32)28(7)19-13-9-8-10-14-19/h8-17H,1-7H3,(H,26,30). The van der Waals surface area contributed by atoms with E-state index in [4.69, 9.17) is 5.10 Å². The molecule has 0 radical (unpaired) electrons. The highest BCUT2D eigenvalue weighted by atomic mass is 32.2. The quantitative estimate of drug-likeness (QED) is 0.570. The lowest BCUT2D eigenvalue weighted by Crippen LogP contribution is -2.28. The molecule has 1 amide bonds. The van der Waals surface area contributed by atoms with Crippen LogP contribution in [0, 0.1) is 0 Å². The Morgan fingerprint density at radius 3 is 2.15 bits per heavy atom. The van der Waals surface area contributed by atoms with Gasteiger partial charge < -0.3 is 5.32 Å². The summed E-state index contributed by atoms with van der Waals surface area (Å²) in [6.45, 7) is 12.2. The van der Waals surface area contributed by atoms with Crippen LogP contribution in [0.25, 0.3) is 0 Å². The van der Waals surface area contributed by atoms with Crippen LogP contribution in [0.1, 0.15) is 57.6 Å². The van der Waals surface area contributed by atoms with Crippen LogP contribution in [0.2, 0.25) is 0 Å². The summed E-state index contributed by atoms with van der Waals surface area (Å²) in [5, 5.41) is 7.63. The number of hydrogen-bond acceptors (Lipinski definition) is 4. The molecule has 3 aromatic rings. The normalized spacial score (nSPS) is 12.5. The average Bonchev–Trinajstić information content (AvgIpc) is 3.19. The molecule has 0 unspecified atom stereocenters. The van der Waals surface area contributed by atoms with E-state index in [2.05, 4.69) is 26.1 Å². The minimum Gasteiger partial charge on any atom is -0.307 e. The summed E-state index contributed by atoms with van der Waals surface area (Å²) in [5.74, 6) is 0.160. The van der Waals surface area contributed by atoms with Crippen molar-refractivity contribution in [1.82, 2.24) is 9.78 Å². The van der Waals surface area contributed by atoms with Gasteiger partial charge in [-0.05, 0) is 51.1 Å². The number of hydrogen-bond donors (Lipinski definition) is 1. The Bertz CT molecular complexity index is 1250. The third kappa shape index (κ3) is 5.27. The van der Waals surface area contributed by atoms with Gasteiger partial charge in [-0.25, -0.2) is 13.1 Å². The SMILES string of the molecule is CN(c1ccccc1)S(=O)(=O)c1cccc(C(=O)Nc2cc(C(C)(C)C)nn2C(C)(C)C)c1. The van der Waals surface area contributed by atoms with Gasteiger partial charge in [-0.3, -0.25) is 9.10 Å².